The first kappa shape index (κ1) is 13.5. The number of hydrogen-bond donors (Lipinski definition) is 1. The lowest BCUT2D eigenvalue weighted by atomic mass is 9.98. The molecule has 1 aliphatic heterocycles. The van der Waals surface area contributed by atoms with Crippen molar-refractivity contribution in [1.82, 2.24) is 25.2 Å². The van der Waals surface area contributed by atoms with Crippen LogP contribution >= 0.6 is 0 Å². The Labute approximate surface area is 110 Å². The standard InChI is InChI=1S/C13H25N5/c1-11(2)18(8-12-5-4-6-14-7-12)10-13-9-17(3)16-15-13/h9,11-12,14H,4-8,10H2,1-3H3. The van der Waals surface area contributed by atoms with E-state index in [0.29, 0.717) is 6.04 Å². The molecule has 0 aromatic carbocycles. The van der Waals surface area contributed by atoms with E-state index < -0.39 is 0 Å². The first-order chi connectivity index (χ1) is 8.65. The number of piperidine rings is 1. The molecule has 1 fully saturated rings. The van der Waals surface area contributed by atoms with Gasteiger partial charge in [-0.3, -0.25) is 9.58 Å². The number of rotatable bonds is 5. The summed E-state index contributed by atoms with van der Waals surface area (Å²) in [7, 11) is 1.92. The molecule has 2 heterocycles. The average Bonchev–Trinajstić information content (AvgIpc) is 2.75. The highest BCUT2D eigenvalue weighted by Crippen LogP contribution is 2.15. The lowest BCUT2D eigenvalue weighted by molar-refractivity contribution is 0.162. The Bertz CT molecular complexity index is 354. The Hall–Kier alpha value is -0.940. The van der Waals surface area contributed by atoms with Crippen LogP contribution in [-0.4, -0.2) is 45.6 Å². The van der Waals surface area contributed by atoms with Gasteiger partial charge in [-0.15, -0.1) is 5.10 Å². The molecule has 0 spiro atoms. The lowest BCUT2D eigenvalue weighted by Gasteiger charge is -2.32. The highest BCUT2D eigenvalue weighted by molar-refractivity contribution is 4.92. The predicted molar refractivity (Wildman–Crippen MR) is 72.1 cm³/mol. The van der Waals surface area contributed by atoms with E-state index in [9.17, 15) is 0 Å². The quantitative estimate of drug-likeness (QED) is 0.849. The minimum absolute atomic E-state index is 0.550. The number of aryl methyl sites for hydroxylation is 1. The van der Waals surface area contributed by atoms with E-state index >= 15 is 0 Å². The summed E-state index contributed by atoms with van der Waals surface area (Å²) in [6, 6.07) is 0.550. The van der Waals surface area contributed by atoms with Crippen LogP contribution < -0.4 is 5.32 Å². The van der Waals surface area contributed by atoms with E-state index in [-0.39, 0.29) is 0 Å². The zero-order valence-electron chi connectivity index (χ0n) is 11.8. The fourth-order valence-corrected chi connectivity index (χ4v) is 2.55. The summed E-state index contributed by atoms with van der Waals surface area (Å²) >= 11 is 0. The summed E-state index contributed by atoms with van der Waals surface area (Å²) in [6.07, 6.45) is 4.66. The molecule has 0 aliphatic carbocycles. The monoisotopic (exact) mass is 251 g/mol. The van der Waals surface area contributed by atoms with Gasteiger partial charge >= 0.3 is 0 Å². The summed E-state index contributed by atoms with van der Waals surface area (Å²) in [5.41, 5.74) is 1.06. The molecule has 0 radical (unpaired) electrons. The van der Waals surface area contributed by atoms with Crippen LogP contribution in [-0.2, 0) is 13.6 Å². The molecular weight excluding hydrogens is 226 g/mol. The normalized spacial score (nSPS) is 20.8. The van der Waals surface area contributed by atoms with Crippen molar-refractivity contribution in [3.05, 3.63) is 11.9 Å². The van der Waals surface area contributed by atoms with Gasteiger partial charge in [-0.25, -0.2) is 0 Å². The molecule has 2 rings (SSSR count). The van der Waals surface area contributed by atoms with E-state index in [1.807, 2.05) is 13.2 Å². The lowest BCUT2D eigenvalue weighted by Crippen LogP contribution is -2.40. The van der Waals surface area contributed by atoms with Gasteiger partial charge in [-0.05, 0) is 45.7 Å². The third kappa shape index (κ3) is 3.78. The number of hydrogen-bond acceptors (Lipinski definition) is 4. The van der Waals surface area contributed by atoms with E-state index in [1.54, 1.807) is 4.68 Å². The van der Waals surface area contributed by atoms with Crippen molar-refractivity contribution < 1.29 is 0 Å². The van der Waals surface area contributed by atoms with Crippen LogP contribution in [0, 0.1) is 5.92 Å². The SMILES string of the molecule is CC(C)N(Cc1cn(C)nn1)CC1CCCNC1. The zero-order valence-corrected chi connectivity index (χ0v) is 11.8. The van der Waals surface area contributed by atoms with E-state index in [1.165, 1.54) is 19.4 Å². The van der Waals surface area contributed by atoms with Gasteiger partial charge in [0.05, 0.1) is 5.69 Å². The van der Waals surface area contributed by atoms with E-state index in [4.69, 9.17) is 0 Å². The molecule has 1 aromatic heterocycles. The molecule has 0 amide bonds. The van der Waals surface area contributed by atoms with Crippen molar-refractivity contribution in [2.24, 2.45) is 13.0 Å². The van der Waals surface area contributed by atoms with Crippen LogP contribution in [0.25, 0.3) is 0 Å². The van der Waals surface area contributed by atoms with Crippen molar-refractivity contribution in [1.29, 1.82) is 0 Å². The van der Waals surface area contributed by atoms with E-state index in [2.05, 4.69) is 34.4 Å². The second kappa shape index (κ2) is 6.29. The molecule has 102 valence electrons. The molecule has 0 saturated carbocycles. The fraction of sp³-hybridized carbons (Fsp3) is 0.846. The first-order valence-electron chi connectivity index (χ1n) is 6.95. The summed E-state index contributed by atoms with van der Waals surface area (Å²) in [4.78, 5) is 2.50. The topological polar surface area (TPSA) is 46.0 Å². The van der Waals surface area contributed by atoms with Gasteiger partial charge in [0.15, 0.2) is 0 Å². The van der Waals surface area contributed by atoms with Crippen molar-refractivity contribution in [3.8, 4) is 0 Å². The number of nitrogens with one attached hydrogen (secondary N) is 1. The van der Waals surface area contributed by atoms with Gasteiger partial charge in [0.1, 0.15) is 0 Å². The Kier molecular flexibility index (Phi) is 4.72. The molecule has 0 bridgehead atoms. The molecule has 1 unspecified atom stereocenters. The molecule has 5 nitrogen and oxygen atoms in total. The number of aromatic nitrogens is 3. The van der Waals surface area contributed by atoms with Crippen molar-refractivity contribution in [2.45, 2.75) is 39.3 Å². The average molecular weight is 251 g/mol. The maximum atomic E-state index is 4.19. The number of nitrogens with zero attached hydrogens (tertiary/aromatic N) is 4. The molecule has 5 heteroatoms. The van der Waals surface area contributed by atoms with E-state index in [0.717, 1.165) is 31.2 Å². The van der Waals surface area contributed by atoms with Gasteiger partial charge in [0.2, 0.25) is 0 Å². The predicted octanol–water partition coefficient (Wildman–Crippen LogP) is 1.03. The van der Waals surface area contributed by atoms with Crippen LogP contribution in [0.5, 0.6) is 0 Å². The Morgan fingerprint density at radius 3 is 2.94 bits per heavy atom. The molecule has 1 N–H and O–H groups in total. The van der Waals surface area contributed by atoms with Crippen LogP contribution in [0.1, 0.15) is 32.4 Å². The molecule has 18 heavy (non-hydrogen) atoms. The molecule has 1 aliphatic rings. The van der Waals surface area contributed by atoms with Crippen LogP contribution in [0.3, 0.4) is 0 Å². The summed E-state index contributed by atoms with van der Waals surface area (Å²) in [6.45, 7) is 8.91. The third-order valence-corrected chi connectivity index (χ3v) is 3.64. The second-order valence-corrected chi connectivity index (χ2v) is 5.62. The largest absolute Gasteiger partial charge is 0.316 e. The van der Waals surface area contributed by atoms with Crippen LogP contribution in [0.2, 0.25) is 0 Å². The van der Waals surface area contributed by atoms with Gasteiger partial charge < -0.3 is 5.32 Å². The molecule has 1 aromatic rings. The summed E-state index contributed by atoms with van der Waals surface area (Å²) in [5, 5.41) is 11.7. The Morgan fingerprint density at radius 1 is 1.56 bits per heavy atom. The van der Waals surface area contributed by atoms with Gasteiger partial charge in [0.25, 0.3) is 0 Å². The van der Waals surface area contributed by atoms with Crippen molar-refractivity contribution in [3.63, 3.8) is 0 Å². The zero-order chi connectivity index (χ0) is 13.0. The Balaban J connectivity index is 1.90. The first-order valence-corrected chi connectivity index (χ1v) is 6.95. The minimum atomic E-state index is 0.550. The van der Waals surface area contributed by atoms with Crippen molar-refractivity contribution >= 4 is 0 Å². The molecular formula is C13H25N5. The fourth-order valence-electron chi connectivity index (χ4n) is 2.55. The van der Waals surface area contributed by atoms with Gasteiger partial charge in [-0.1, -0.05) is 5.21 Å². The maximum Gasteiger partial charge on any atom is 0.0967 e. The second-order valence-electron chi connectivity index (χ2n) is 5.62. The highest BCUT2D eigenvalue weighted by Gasteiger charge is 2.19. The summed E-state index contributed by atoms with van der Waals surface area (Å²) < 4.78 is 1.77. The van der Waals surface area contributed by atoms with Crippen LogP contribution in [0.4, 0.5) is 0 Å². The van der Waals surface area contributed by atoms with Crippen LogP contribution in [0.15, 0.2) is 6.20 Å². The maximum absolute atomic E-state index is 4.19. The minimum Gasteiger partial charge on any atom is -0.316 e. The molecule has 1 atom stereocenters. The molecule has 1 saturated heterocycles. The van der Waals surface area contributed by atoms with Crippen molar-refractivity contribution in [2.75, 3.05) is 19.6 Å². The summed E-state index contributed by atoms with van der Waals surface area (Å²) in [5.74, 6) is 0.776. The highest BCUT2D eigenvalue weighted by atomic mass is 15.4. The third-order valence-electron chi connectivity index (χ3n) is 3.64. The Morgan fingerprint density at radius 2 is 2.39 bits per heavy atom. The smallest absolute Gasteiger partial charge is 0.0967 e. The van der Waals surface area contributed by atoms with Gasteiger partial charge in [0, 0.05) is 32.4 Å². The van der Waals surface area contributed by atoms with Gasteiger partial charge in [-0.2, -0.15) is 0 Å².